The molecule has 162 valence electrons. The minimum absolute atomic E-state index is 0.151. The molecule has 3 heterocycles. The van der Waals surface area contributed by atoms with Crippen LogP contribution in [0.15, 0.2) is 60.8 Å². The van der Waals surface area contributed by atoms with Gasteiger partial charge in [-0.15, -0.1) is 0 Å². The van der Waals surface area contributed by atoms with Crippen molar-refractivity contribution in [3.05, 3.63) is 71.9 Å². The molecule has 3 aliphatic rings. The second kappa shape index (κ2) is 7.43. The van der Waals surface area contributed by atoms with Crippen LogP contribution in [0.4, 0.5) is 5.69 Å². The second-order valence-electron chi connectivity index (χ2n) is 9.21. The molecule has 2 amide bonds. The lowest BCUT2D eigenvalue weighted by Crippen LogP contribution is -2.56. The Balaban J connectivity index is 1.25. The lowest BCUT2D eigenvalue weighted by atomic mass is 9.80. The Bertz CT molecular complexity index is 1230. The van der Waals surface area contributed by atoms with E-state index in [0.29, 0.717) is 18.3 Å². The van der Waals surface area contributed by atoms with Gasteiger partial charge in [0.2, 0.25) is 11.8 Å². The fourth-order valence-electron chi connectivity index (χ4n) is 5.71. The van der Waals surface area contributed by atoms with Crippen molar-refractivity contribution in [2.75, 3.05) is 38.1 Å². The third kappa shape index (κ3) is 3.10. The maximum Gasteiger partial charge on any atom is 0.247 e. The number of aromatic amines is 1. The number of rotatable bonds is 3. The molecular weight excluding hydrogens is 400 g/mol. The number of carbonyl (C=O) groups is 2. The molecule has 2 aromatic carbocycles. The third-order valence-corrected chi connectivity index (χ3v) is 7.06. The standard InChI is InChI=1S/C26H26N4O2/c1-28-13-17(10-21-20-8-5-9-22-26(20)18(12-27-22)11-23(21)28)14-29-15-24(31)30(25(32)16-29)19-6-3-2-4-7-19/h2-10,12,17,23,27H,11,13-16H2,1H3/t17?,23-/m1/s1. The van der Waals surface area contributed by atoms with Crippen LogP contribution in [0.5, 0.6) is 0 Å². The summed E-state index contributed by atoms with van der Waals surface area (Å²) in [4.78, 5) is 34.8. The number of amides is 2. The fourth-order valence-corrected chi connectivity index (χ4v) is 5.71. The van der Waals surface area contributed by atoms with Crippen LogP contribution in [-0.4, -0.2) is 65.9 Å². The summed E-state index contributed by atoms with van der Waals surface area (Å²) in [5.41, 5.74) is 5.92. The first kappa shape index (κ1) is 19.5. The number of carbonyl (C=O) groups excluding carboxylic acids is 2. The SMILES string of the molecule is CN1CC(CN2CC(=O)N(c3ccccc3)C(=O)C2)C=C2c3cccc4[nH]cc(c34)C[C@H]21. The topological polar surface area (TPSA) is 59.6 Å². The summed E-state index contributed by atoms with van der Waals surface area (Å²) in [5.74, 6) is -0.0334. The van der Waals surface area contributed by atoms with E-state index in [1.165, 1.54) is 32.5 Å². The minimum atomic E-state index is -0.151. The van der Waals surface area contributed by atoms with Crippen LogP contribution in [-0.2, 0) is 16.0 Å². The summed E-state index contributed by atoms with van der Waals surface area (Å²) in [6.07, 6.45) is 5.56. The quantitative estimate of drug-likeness (QED) is 0.655. The third-order valence-electron chi connectivity index (χ3n) is 7.06. The number of benzene rings is 2. The summed E-state index contributed by atoms with van der Waals surface area (Å²) < 4.78 is 0. The van der Waals surface area contributed by atoms with Gasteiger partial charge in [0, 0.05) is 42.1 Å². The van der Waals surface area contributed by atoms with E-state index in [1.807, 2.05) is 35.2 Å². The van der Waals surface area contributed by atoms with E-state index in [0.717, 1.165) is 13.0 Å². The van der Waals surface area contributed by atoms with Gasteiger partial charge in [-0.05, 0) is 48.4 Å². The zero-order valence-corrected chi connectivity index (χ0v) is 18.1. The summed E-state index contributed by atoms with van der Waals surface area (Å²) in [5, 5.41) is 1.34. The predicted molar refractivity (Wildman–Crippen MR) is 125 cm³/mol. The van der Waals surface area contributed by atoms with Crippen LogP contribution in [0.1, 0.15) is 11.1 Å². The van der Waals surface area contributed by atoms with Crippen LogP contribution in [0.2, 0.25) is 0 Å². The molecule has 1 unspecified atom stereocenters. The first-order valence-corrected chi connectivity index (χ1v) is 11.2. The van der Waals surface area contributed by atoms with Crippen LogP contribution < -0.4 is 4.90 Å². The summed E-state index contributed by atoms with van der Waals surface area (Å²) in [6.45, 7) is 2.16. The molecule has 2 atom stereocenters. The van der Waals surface area contributed by atoms with E-state index < -0.39 is 0 Å². The highest BCUT2D eigenvalue weighted by atomic mass is 16.2. The average molecular weight is 427 g/mol. The number of imide groups is 1. The van der Waals surface area contributed by atoms with E-state index in [-0.39, 0.29) is 30.8 Å². The molecule has 6 heteroatoms. The maximum atomic E-state index is 12.8. The number of anilines is 1. The van der Waals surface area contributed by atoms with E-state index >= 15 is 0 Å². The van der Waals surface area contributed by atoms with E-state index in [1.54, 1.807) is 0 Å². The van der Waals surface area contributed by atoms with Crippen LogP contribution >= 0.6 is 0 Å². The molecule has 0 saturated carbocycles. The van der Waals surface area contributed by atoms with Crippen molar-refractivity contribution in [1.82, 2.24) is 14.8 Å². The first-order valence-electron chi connectivity index (χ1n) is 11.2. The van der Waals surface area contributed by atoms with E-state index in [4.69, 9.17) is 0 Å². The van der Waals surface area contributed by atoms with E-state index in [2.05, 4.69) is 47.4 Å². The first-order chi connectivity index (χ1) is 15.6. The van der Waals surface area contributed by atoms with Crippen molar-refractivity contribution in [2.24, 2.45) is 5.92 Å². The molecule has 0 spiro atoms. The van der Waals surface area contributed by atoms with Crippen LogP contribution in [0.25, 0.3) is 16.5 Å². The normalized spacial score (nSPS) is 24.0. The van der Waals surface area contributed by atoms with Gasteiger partial charge in [-0.3, -0.25) is 19.4 Å². The highest BCUT2D eigenvalue weighted by Gasteiger charge is 2.36. The van der Waals surface area contributed by atoms with Gasteiger partial charge in [0.25, 0.3) is 0 Å². The summed E-state index contributed by atoms with van der Waals surface area (Å²) >= 11 is 0. The molecule has 6 nitrogen and oxygen atoms in total. The van der Waals surface area contributed by atoms with Gasteiger partial charge < -0.3 is 4.98 Å². The van der Waals surface area contributed by atoms with E-state index in [9.17, 15) is 9.59 Å². The predicted octanol–water partition coefficient (Wildman–Crippen LogP) is 2.91. The zero-order valence-electron chi connectivity index (χ0n) is 18.1. The summed E-state index contributed by atoms with van der Waals surface area (Å²) in [7, 11) is 2.19. The number of nitrogens with one attached hydrogen (secondary N) is 1. The Labute approximate surface area is 187 Å². The van der Waals surface area contributed by atoms with Crippen molar-refractivity contribution in [2.45, 2.75) is 12.5 Å². The molecule has 1 fully saturated rings. The number of hydrogen-bond donors (Lipinski definition) is 1. The van der Waals surface area contributed by atoms with Crippen molar-refractivity contribution in [3.8, 4) is 0 Å². The lowest BCUT2D eigenvalue weighted by Gasteiger charge is -2.41. The maximum absolute atomic E-state index is 12.8. The molecule has 32 heavy (non-hydrogen) atoms. The van der Waals surface area contributed by atoms with Crippen molar-refractivity contribution in [3.63, 3.8) is 0 Å². The van der Waals surface area contributed by atoms with Gasteiger partial charge in [0.1, 0.15) is 0 Å². The Hall–Kier alpha value is -3.22. The molecule has 3 aromatic rings. The monoisotopic (exact) mass is 426 g/mol. The molecule has 0 bridgehead atoms. The van der Waals surface area contributed by atoms with Gasteiger partial charge in [0.15, 0.2) is 0 Å². The number of piperazine rings is 1. The number of aromatic nitrogens is 1. The van der Waals surface area contributed by atoms with Crippen molar-refractivity contribution < 1.29 is 9.59 Å². The lowest BCUT2D eigenvalue weighted by molar-refractivity contribution is -0.132. The van der Waals surface area contributed by atoms with Crippen LogP contribution in [0.3, 0.4) is 0 Å². The van der Waals surface area contributed by atoms with Gasteiger partial charge >= 0.3 is 0 Å². The second-order valence-corrected chi connectivity index (χ2v) is 9.21. The molecule has 1 N–H and O–H groups in total. The molecular formula is C26H26N4O2. The molecule has 1 aliphatic carbocycles. The highest BCUT2D eigenvalue weighted by molar-refractivity contribution is 6.17. The van der Waals surface area contributed by atoms with Crippen molar-refractivity contribution >= 4 is 34.0 Å². The Kier molecular flexibility index (Phi) is 4.52. The number of para-hydroxylation sites is 1. The molecule has 1 aromatic heterocycles. The van der Waals surface area contributed by atoms with Crippen LogP contribution in [0, 0.1) is 5.92 Å². The van der Waals surface area contributed by atoms with Gasteiger partial charge in [-0.1, -0.05) is 36.4 Å². The van der Waals surface area contributed by atoms with Gasteiger partial charge in [0.05, 0.1) is 18.8 Å². The minimum Gasteiger partial charge on any atom is -0.361 e. The molecule has 6 rings (SSSR count). The Morgan fingerprint density at radius 3 is 2.56 bits per heavy atom. The number of hydrogen-bond acceptors (Lipinski definition) is 4. The van der Waals surface area contributed by atoms with Crippen molar-refractivity contribution in [1.29, 1.82) is 0 Å². The average Bonchev–Trinajstić information content (AvgIpc) is 3.19. The van der Waals surface area contributed by atoms with Gasteiger partial charge in [-0.2, -0.15) is 0 Å². The number of fused-ring (bicyclic) bond motifs is 2. The molecule has 2 aliphatic heterocycles. The Morgan fingerprint density at radius 2 is 1.78 bits per heavy atom. The smallest absolute Gasteiger partial charge is 0.247 e. The van der Waals surface area contributed by atoms with Gasteiger partial charge in [-0.25, -0.2) is 4.90 Å². The number of likely N-dealkylation sites (N-methyl/N-ethyl adjacent to an activating group) is 1. The molecule has 1 saturated heterocycles. The zero-order chi connectivity index (χ0) is 21.8. The number of H-pyrrole nitrogens is 1. The molecule has 0 radical (unpaired) electrons. The Morgan fingerprint density at radius 1 is 1.00 bits per heavy atom. The fraction of sp³-hybridized carbons (Fsp3) is 0.308. The summed E-state index contributed by atoms with van der Waals surface area (Å²) in [6, 6.07) is 16.1. The highest BCUT2D eigenvalue weighted by Crippen LogP contribution is 2.40. The number of nitrogens with zero attached hydrogens (tertiary/aromatic N) is 3. The largest absolute Gasteiger partial charge is 0.361 e.